The van der Waals surface area contributed by atoms with Crippen LogP contribution in [0.2, 0.25) is 5.02 Å². The van der Waals surface area contributed by atoms with Gasteiger partial charge < -0.3 is 15.8 Å². The van der Waals surface area contributed by atoms with E-state index in [1.54, 1.807) is 26.8 Å². The topological polar surface area (TPSA) is 64.3 Å². The van der Waals surface area contributed by atoms with E-state index >= 15 is 0 Å². The molecule has 0 aliphatic rings. The highest BCUT2D eigenvalue weighted by Crippen LogP contribution is 2.16. The second-order valence-electron chi connectivity index (χ2n) is 5.60. The normalized spacial score (nSPS) is 12.9. The van der Waals surface area contributed by atoms with Gasteiger partial charge in [-0.25, -0.2) is 9.18 Å². The molecule has 0 aliphatic heterocycles. The summed E-state index contributed by atoms with van der Waals surface area (Å²) in [6, 6.07) is 4.15. The third-order valence-corrected chi connectivity index (χ3v) is 2.68. The summed E-state index contributed by atoms with van der Waals surface area (Å²) < 4.78 is 18.1. The quantitative estimate of drug-likeness (QED) is 0.899. The van der Waals surface area contributed by atoms with Gasteiger partial charge in [0, 0.05) is 12.6 Å². The minimum absolute atomic E-state index is 0.0646. The van der Waals surface area contributed by atoms with Crippen LogP contribution in [0.3, 0.4) is 0 Å². The molecule has 3 N–H and O–H groups in total. The number of halogens is 2. The first-order chi connectivity index (χ1) is 9.17. The highest BCUT2D eigenvalue weighted by atomic mass is 35.5. The summed E-state index contributed by atoms with van der Waals surface area (Å²) in [5, 5.41) is 2.66. The molecule has 0 aromatic heterocycles. The lowest BCUT2D eigenvalue weighted by Gasteiger charge is -2.20. The smallest absolute Gasteiger partial charge is 0.407 e. The van der Waals surface area contributed by atoms with Gasteiger partial charge in [-0.1, -0.05) is 17.7 Å². The van der Waals surface area contributed by atoms with E-state index in [1.807, 2.05) is 0 Å². The Morgan fingerprint density at radius 3 is 2.70 bits per heavy atom. The molecule has 0 spiro atoms. The van der Waals surface area contributed by atoms with Gasteiger partial charge in [-0.3, -0.25) is 0 Å². The standard InChI is InChI=1S/C14H20ClFN2O2/c1-14(2,3)20-13(19)18-8-10(17)6-9-4-5-12(16)11(15)7-9/h4-5,7,10H,6,8,17H2,1-3H3,(H,18,19). The van der Waals surface area contributed by atoms with Crippen LogP contribution in [-0.2, 0) is 11.2 Å². The van der Waals surface area contributed by atoms with E-state index in [9.17, 15) is 9.18 Å². The number of nitrogens with two attached hydrogens (primary N) is 1. The molecule has 0 radical (unpaired) electrons. The summed E-state index contributed by atoms with van der Waals surface area (Å²) in [7, 11) is 0. The first kappa shape index (κ1) is 16.7. The monoisotopic (exact) mass is 302 g/mol. The lowest BCUT2D eigenvalue weighted by Crippen LogP contribution is -2.41. The number of rotatable bonds is 4. The first-order valence-corrected chi connectivity index (χ1v) is 6.71. The maximum absolute atomic E-state index is 13.0. The molecule has 0 saturated carbocycles. The van der Waals surface area contributed by atoms with Crippen molar-refractivity contribution in [1.82, 2.24) is 5.32 Å². The molecule has 0 saturated heterocycles. The number of carbonyl (C=O) groups is 1. The molecule has 0 aliphatic carbocycles. The van der Waals surface area contributed by atoms with Crippen molar-refractivity contribution in [3.05, 3.63) is 34.6 Å². The molecule has 1 aromatic rings. The predicted octanol–water partition coefficient (Wildman–Crippen LogP) is 2.87. The van der Waals surface area contributed by atoms with E-state index in [0.29, 0.717) is 6.42 Å². The van der Waals surface area contributed by atoms with Crippen molar-refractivity contribution in [3.8, 4) is 0 Å². The van der Waals surface area contributed by atoms with Crippen molar-refractivity contribution < 1.29 is 13.9 Å². The van der Waals surface area contributed by atoms with Gasteiger partial charge in [0.15, 0.2) is 0 Å². The molecule has 0 fully saturated rings. The van der Waals surface area contributed by atoms with Crippen molar-refractivity contribution in [2.24, 2.45) is 5.73 Å². The van der Waals surface area contributed by atoms with Crippen molar-refractivity contribution >= 4 is 17.7 Å². The number of hydrogen-bond acceptors (Lipinski definition) is 3. The predicted molar refractivity (Wildman–Crippen MR) is 77.3 cm³/mol. The van der Waals surface area contributed by atoms with Crippen LogP contribution in [0.5, 0.6) is 0 Å². The number of benzene rings is 1. The molecule has 6 heteroatoms. The van der Waals surface area contributed by atoms with Crippen LogP contribution in [0.1, 0.15) is 26.3 Å². The molecule has 1 amide bonds. The zero-order valence-corrected chi connectivity index (χ0v) is 12.6. The van der Waals surface area contributed by atoms with Crippen molar-refractivity contribution in [3.63, 3.8) is 0 Å². The molecular weight excluding hydrogens is 283 g/mol. The Balaban J connectivity index is 2.42. The summed E-state index contributed by atoms with van der Waals surface area (Å²) in [4.78, 5) is 11.5. The zero-order chi connectivity index (χ0) is 15.3. The fraction of sp³-hybridized carbons (Fsp3) is 0.500. The average molecular weight is 303 g/mol. The lowest BCUT2D eigenvalue weighted by atomic mass is 10.1. The molecule has 1 rings (SSSR count). The van der Waals surface area contributed by atoms with Gasteiger partial charge in [0.1, 0.15) is 11.4 Å². The van der Waals surface area contributed by atoms with Crippen LogP contribution in [0.4, 0.5) is 9.18 Å². The van der Waals surface area contributed by atoms with Crippen molar-refractivity contribution in [1.29, 1.82) is 0 Å². The van der Waals surface area contributed by atoms with E-state index in [4.69, 9.17) is 22.1 Å². The Labute approximate surface area is 123 Å². The summed E-state index contributed by atoms with van der Waals surface area (Å²) in [5.74, 6) is -0.462. The third kappa shape index (κ3) is 6.21. The molecule has 0 heterocycles. The van der Waals surface area contributed by atoms with Gasteiger partial charge >= 0.3 is 6.09 Å². The number of alkyl carbamates (subject to hydrolysis) is 1. The van der Waals surface area contributed by atoms with E-state index < -0.39 is 17.5 Å². The summed E-state index contributed by atoms with van der Waals surface area (Å²) in [6.07, 6.45) is -0.0272. The van der Waals surface area contributed by atoms with Gasteiger partial charge in [-0.15, -0.1) is 0 Å². The van der Waals surface area contributed by atoms with Crippen LogP contribution in [-0.4, -0.2) is 24.3 Å². The molecule has 1 unspecified atom stereocenters. The van der Waals surface area contributed by atoms with E-state index in [2.05, 4.69) is 5.32 Å². The second kappa shape index (κ2) is 6.90. The van der Waals surface area contributed by atoms with E-state index in [0.717, 1.165) is 5.56 Å². The molecule has 0 bridgehead atoms. The first-order valence-electron chi connectivity index (χ1n) is 6.34. The van der Waals surface area contributed by atoms with Crippen molar-refractivity contribution in [2.75, 3.05) is 6.54 Å². The molecule has 1 atom stereocenters. The van der Waals surface area contributed by atoms with E-state index in [1.165, 1.54) is 12.1 Å². The van der Waals surface area contributed by atoms with Crippen LogP contribution in [0, 0.1) is 5.82 Å². The largest absolute Gasteiger partial charge is 0.444 e. The number of hydrogen-bond donors (Lipinski definition) is 2. The van der Waals surface area contributed by atoms with Crippen molar-refractivity contribution in [2.45, 2.75) is 38.8 Å². The fourth-order valence-electron chi connectivity index (χ4n) is 1.57. The lowest BCUT2D eigenvalue weighted by molar-refractivity contribution is 0.0524. The number of carbonyl (C=O) groups excluding carboxylic acids is 1. The summed E-state index contributed by atoms with van der Waals surface area (Å²) in [5.41, 5.74) is 6.17. The number of amides is 1. The van der Waals surface area contributed by atoms with Gasteiger partial charge in [0.25, 0.3) is 0 Å². The SMILES string of the molecule is CC(C)(C)OC(=O)NCC(N)Cc1ccc(F)c(Cl)c1. The maximum Gasteiger partial charge on any atom is 0.407 e. The Hall–Kier alpha value is -1.33. The van der Waals surface area contributed by atoms with Crippen LogP contribution >= 0.6 is 11.6 Å². The highest BCUT2D eigenvalue weighted by Gasteiger charge is 2.16. The summed E-state index contributed by atoms with van der Waals surface area (Å²) >= 11 is 5.69. The molecule has 1 aromatic carbocycles. The third-order valence-electron chi connectivity index (χ3n) is 2.39. The second-order valence-corrected chi connectivity index (χ2v) is 6.00. The molecule has 20 heavy (non-hydrogen) atoms. The average Bonchev–Trinajstić information content (AvgIpc) is 2.29. The zero-order valence-electron chi connectivity index (χ0n) is 11.9. The Kier molecular flexibility index (Phi) is 5.77. The fourth-order valence-corrected chi connectivity index (χ4v) is 1.77. The minimum atomic E-state index is -0.543. The summed E-state index contributed by atoms with van der Waals surface area (Å²) in [6.45, 7) is 5.62. The highest BCUT2D eigenvalue weighted by molar-refractivity contribution is 6.30. The van der Waals surface area contributed by atoms with Crippen LogP contribution in [0.25, 0.3) is 0 Å². The Morgan fingerprint density at radius 2 is 2.15 bits per heavy atom. The van der Waals surface area contributed by atoms with Gasteiger partial charge in [0.2, 0.25) is 0 Å². The van der Waals surface area contributed by atoms with Gasteiger partial charge in [-0.05, 0) is 44.9 Å². The van der Waals surface area contributed by atoms with Gasteiger partial charge in [-0.2, -0.15) is 0 Å². The molecule has 4 nitrogen and oxygen atoms in total. The number of ether oxygens (including phenoxy) is 1. The van der Waals surface area contributed by atoms with Gasteiger partial charge in [0.05, 0.1) is 5.02 Å². The molecular formula is C14H20ClFN2O2. The molecule has 112 valence electrons. The van der Waals surface area contributed by atoms with Crippen LogP contribution in [0.15, 0.2) is 18.2 Å². The maximum atomic E-state index is 13.0. The minimum Gasteiger partial charge on any atom is -0.444 e. The van der Waals surface area contributed by atoms with E-state index in [-0.39, 0.29) is 17.6 Å². The number of nitrogens with one attached hydrogen (secondary N) is 1. The Bertz CT molecular complexity index is 475. The van der Waals surface area contributed by atoms with Crippen LogP contribution < -0.4 is 11.1 Å². The Morgan fingerprint density at radius 1 is 1.50 bits per heavy atom.